The van der Waals surface area contributed by atoms with Gasteiger partial charge < -0.3 is 10.1 Å². The van der Waals surface area contributed by atoms with E-state index in [4.69, 9.17) is 16.3 Å². The molecule has 1 aromatic rings. The summed E-state index contributed by atoms with van der Waals surface area (Å²) in [7, 11) is 1.91. The van der Waals surface area contributed by atoms with Crippen LogP contribution in [0.5, 0.6) is 5.75 Å². The smallest absolute Gasteiger partial charge is 0.138 e. The van der Waals surface area contributed by atoms with Gasteiger partial charge in [-0.2, -0.15) is 0 Å². The molecule has 0 aliphatic rings. The van der Waals surface area contributed by atoms with Crippen LogP contribution >= 0.6 is 11.6 Å². The van der Waals surface area contributed by atoms with E-state index in [2.05, 4.69) is 5.32 Å². The summed E-state index contributed by atoms with van der Waals surface area (Å²) in [6, 6.07) is 5.81. The van der Waals surface area contributed by atoms with Gasteiger partial charge in [0.15, 0.2) is 0 Å². The summed E-state index contributed by atoms with van der Waals surface area (Å²) in [5.74, 6) is 0.761. The van der Waals surface area contributed by atoms with E-state index in [1.807, 2.05) is 32.2 Å². The minimum absolute atomic E-state index is 0.642. The van der Waals surface area contributed by atoms with E-state index < -0.39 is 0 Å². The Hall–Kier alpha value is -0.730. The SMILES string of the molecule is CCOc1cc(CNC)ccc1Cl. The van der Waals surface area contributed by atoms with Crippen LogP contribution in [0.15, 0.2) is 18.2 Å². The zero-order valence-corrected chi connectivity index (χ0v) is 8.69. The fourth-order valence-electron chi connectivity index (χ4n) is 1.13. The van der Waals surface area contributed by atoms with Gasteiger partial charge in [0.1, 0.15) is 5.75 Å². The standard InChI is InChI=1S/C10H14ClNO/c1-3-13-10-6-8(7-12-2)4-5-9(10)11/h4-6,12H,3,7H2,1-2H3. The molecule has 0 aliphatic carbocycles. The first kappa shape index (κ1) is 10.4. The molecule has 0 bridgehead atoms. The zero-order valence-electron chi connectivity index (χ0n) is 7.93. The first-order chi connectivity index (χ1) is 6.27. The Morgan fingerprint density at radius 1 is 1.46 bits per heavy atom. The van der Waals surface area contributed by atoms with Crippen molar-refractivity contribution in [1.29, 1.82) is 0 Å². The Labute approximate surface area is 83.9 Å². The van der Waals surface area contributed by atoms with E-state index in [0.29, 0.717) is 11.6 Å². The summed E-state index contributed by atoms with van der Waals surface area (Å²) in [6.07, 6.45) is 0. The van der Waals surface area contributed by atoms with Gasteiger partial charge in [0, 0.05) is 6.54 Å². The molecule has 0 spiro atoms. The first-order valence-corrected chi connectivity index (χ1v) is 4.71. The fraction of sp³-hybridized carbons (Fsp3) is 0.400. The third-order valence-corrected chi connectivity index (χ3v) is 1.99. The van der Waals surface area contributed by atoms with Gasteiger partial charge >= 0.3 is 0 Å². The second-order valence-corrected chi connectivity index (χ2v) is 3.14. The zero-order chi connectivity index (χ0) is 9.68. The quantitative estimate of drug-likeness (QED) is 0.805. The molecule has 2 nitrogen and oxygen atoms in total. The largest absolute Gasteiger partial charge is 0.492 e. The second-order valence-electron chi connectivity index (χ2n) is 2.73. The molecule has 0 atom stereocenters. The summed E-state index contributed by atoms with van der Waals surface area (Å²) in [4.78, 5) is 0. The lowest BCUT2D eigenvalue weighted by atomic mass is 10.2. The lowest BCUT2D eigenvalue weighted by Crippen LogP contribution is -2.05. The van der Waals surface area contributed by atoms with Crippen LogP contribution < -0.4 is 10.1 Å². The van der Waals surface area contributed by atoms with Gasteiger partial charge in [-0.3, -0.25) is 0 Å². The summed E-state index contributed by atoms with van der Waals surface area (Å²) in [5.41, 5.74) is 1.18. The highest BCUT2D eigenvalue weighted by Crippen LogP contribution is 2.25. The van der Waals surface area contributed by atoms with Crippen molar-refractivity contribution in [1.82, 2.24) is 5.32 Å². The average molecular weight is 200 g/mol. The molecule has 0 aromatic heterocycles. The Kier molecular flexibility index (Phi) is 4.06. The summed E-state index contributed by atoms with van der Waals surface area (Å²) in [5, 5.41) is 3.74. The molecule has 1 rings (SSSR count). The number of halogens is 1. The third kappa shape index (κ3) is 2.90. The van der Waals surface area contributed by atoms with Crippen molar-refractivity contribution in [2.45, 2.75) is 13.5 Å². The van der Waals surface area contributed by atoms with Crippen molar-refractivity contribution in [3.8, 4) is 5.75 Å². The van der Waals surface area contributed by atoms with Crippen LogP contribution in [-0.4, -0.2) is 13.7 Å². The molecule has 0 amide bonds. The number of nitrogens with one attached hydrogen (secondary N) is 1. The minimum atomic E-state index is 0.642. The lowest BCUT2D eigenvalue weighted by Gasteiger charge is -2.07. The van der Waals surface area contributed by atoms with Crippen LogP contribution in [0, 0.1) is 0 Å². The fourth-order valence-corrected chi connectivity index (χ4v) is 1.30. The van der Waals surface area contributed by atoms with Crippen LogP contribution in [0.2, 0.25) is 5.02 Å². The van der Waals surface area contributed by atoms with Crippen molar-refractivity contribution in [3.05, 3.63) is 28.8 Å². The molecule has 0 saturated carbocycles. The first-order valence-electron chi connectivity index (χ1n) is 4.33. The van der Waals surface area contributed by atoms with E-state index >= 15 is 0 Å². The van der Waals surface area contributed by atoms with Gasteiger partial charge in [-0.05, 0) is 31.7 Å². The molecule has 1 aromatic carbocycles. The van der Waals surface area contributed by atoms with E-state index in [1.165, 1.54) is 5.56 Å². The Morgan fingerprint density at radius 2 is 2.23 bits per heavy atom. The van der Waals surface area contributed by atoms with Crippen molar-refractivity contribution in [2.24, 2.45) is 0 Å². The Bertz CT molecular complexity index is 276. The molecular formula is C10H14ClNO. The van der Waals surface area contributed by atoms with E-state index in [9.17, 15) is 0 Å². The molecular weight excluding hydrogens is 186 g/mol. The topological polar surface area (TPSA) is 21.3 Å². The van der Waals surface area contributed by atoms with Gasteiger partial charge in [-0.1, -0.05) is 17.7 Å². The lowest BCUT2D eigenvalue weighted by molar-refractivity contribution is 0.340. The normalized spacial score (nSPS) is 10.1. The highest BCUT2D eigenvalue weighted by molar-refractivity contribution is 6.32. The number of hydrogen-bond donors (Lipinski definition) is 1. The molecule has 0 fully saturated rings. The predicted molar refractivity (Wildman–Crippen MR) is 55.4 cm³/mol. The van der Waals surface area contributed by atoms with Crippen molar-refractivity contribution in [2.75, 3.05) is 13.7 Å². The number of rotatable bonds is 4. The Balaban J connectivity index is 2.83. The van der Waals surface area contributed by atoms with Crippen LogP contribution in [0.25, 0.3) is 0 Å². The predicted octanol–water partition coefficient (Wildman–Crippen LogP) is 2.46. The molecule has 3 heteroatoms. The maximum Gasteiger partial charge on any atom is 0.138 e. The molecule has 72 valence electrons. The minimum Gasteiger partial charge on any atom is -0.492 e. The molecule has 13 heavy (non-hydrogen) atoms. The molecule has 0 heterocycles. The second kappa shape index (κ2) is 5.10. The highest BCUT2D eigenvalue weighted by Gasteiger charge is 2.01. The summed E-state index contributed by atoms with van der Waals surface area (Å²) < 4.78 is 5.36. The molecule has 0 unspecified atom stereocenters. The molecule has 0 saturated heterocycles. The van der Waals surface area contributed by atoms with Crippen LogP contribution in [-0.2, 0) is 6.54 Å². The average Bonchev–Trinajstić information content (AvgIpc) is 2.12. The highest BCUT2D eigenvalue weighted by atomic mass is 35.5. The molecule has 1 N–H and O–H groups in total. The van der Waals surface area contributed by atoms with Gasteiger partial charge in [0.05, 0.1) is 11.6 Å². The van der Waals surface area contributed by atoms with Crippen LogP contribution in [0.3, 0.4) is 0 Å². The monoisotopic (exact) mass is 199 g/mol. The third-order valence-electron chi connectivity index (χ3n) is 1.68. The van der Waals surface area contributed by atoms with E-state index in [1.54, 1.807) is 0 Å². The number of hydrogen-bond acceptors (Lipinski definition) is 2. The van der Waals surface area contributed by atoms with E-state index in [-0.39, 0.29) is 0 Å². The van der Waals surface area contributed by atoms with Gasteiger partial charge in [0.25, 0.3) is 0 Å². The van der Waals surface area contributed by atoms with Gasteiger partial charge in [0.2, 0.25) is 0 Å². The number of benzene rings is 1. The Morgan fingerprint density at radius 3 is 2.85 bits per heavy atom. The maximum atomic E-state index is 5.93. The molecule has 0 aliphatic heterocycles. The van der Waals surface area contributed by atoms with Gasteiger partial charge in [-0.15, -0.1) is 0 Å². The van der Waals surface area contributed by atoms with Crippen LogP contribution in [0.1, 0.15) is 12.5 Å². The number of ether oxygens (including phenoxy) is 1. The van der Waals surface area contributed by atoms with Crippen LogP contribution in [0.4, 0.5) is 0 Å². The van der Waals surface area contributed by atoms with Crippen molar-refractivity contribution < 1.29 is 4.74 Å². The summed E-state index contributed by atoms with van der Waals surface area (Å²) >= 11 is 5.93. The summed E-state index contributed by atoms with van der Waals surface area (Å²) in [6.45, 7) is 3.42. The maximum absolute atomic E-state index is 5.93. The van der Waals surface area contributed by atoms with E-state index in [0.717, 1.165) is 12.3 Å². The molecule has 0 radical (unpaired) electrons. The van der Waals surface area contributed by atoms with Crippen molar-refractivity contribution >= 4 is 11.6 Å². The van der Waals surface area contributed by atoms with Gasteiger partial charge in [-0.25, -0.2) is 0 Å². The van der Waals surface area contributed by atoms with Crippen molar-refractivity contribution in [3.63, 3.8) is 0 Å².